The highest BCUT2D eigenvalue weighted by molar-refractivity contribution is 6.04. The summed E-state index contributed by atoms with van der Waals surface area (Å²) in [7, 11) is 0. The van der Waals surface area contributed by atoms with E-state index in [0.29, 0.717) is 0 Å². The van der Waals surface area contributed by atoms with Gasteiger partial charge in [0, 0.05) is 23.0 Å². The van der Waals surface area contributed by atoms with Gasteiger partial charge in [-0.25, -0.2) is 4.79 Å². The number of aromatic nitrogens is 1. The molecule has 0 saturated carbocycles. The lowest BCUT2D eigenvalue weighted by Gasteiger charge is -2.24. The molecule has 2 atom stereocenters. The zero-order valence-electron chi connectivity index (χ0n) is 17.8. The highest BCUT2D eigenvalue weighted by Gasteiger charge is 2.38. The molecular weight excluding hydrogens is 404 g/mol. The number of carbonyl (C=O) groups excluding carboxylic acids is 3. The number of para-hydroxylation sites is 1. The lowest BCUT2D eigenvalue weighted by molar-refractivity contribution is -0.128. The Labute approximate surface area is 186 Å². The SMILES string of the molecule is O=C(CC[C@@H]1NC(=O)N(Cc2ccccc2)C1=O)N[C@H]1CCCc2c1[nH]c1ccccc21. The number of nitrogens with one attached hydrogen (secondary N) is 3. The molecule has 2 heterocycles. The minimum atomic E-state index is -0.660. The van der Waals surface area contributed by atoms with Crippen LogP contribution in [0.5, 0.6) is 0 Å². The Hall–Kier alpha value is -3.61. The minimum absolute atomic E-state index is 0.0536. The predicted octanol–water partition coefficient (Wildman–Crippen LogP) is 3.56. The van der Waals surface area contributed by atoms with Crippen LogP contribution < -0.4 is 10.6 Å². The van der Waals surface area contributed by atoms with Crippen LogP contribution >= 0.6 is 0 Å². The van der Waals surface area contributed by atoms with Gasteiger partial charge < -0.3 is 15.6 Å². The summed E-state index contributed by atoms with van der Waals surface area (Å²) in [4.78, 5) is 42.4. The molecule has 0 spiro atoms. The largest absolute Gasteiger partial charge is 0.356 e. The Morgan fingerprint density at radius 3 is 2.69 bits per heavy atom. The second-order valence-corrected chi connectivity index (χ2v) is 8.53. The van der Waals surface area contributed by atoms with Crippen molar-refractivity contribution in [1.29, 1.82) is 0 Å². The van der Waals surface area contributed by atoms with Crippen molar-refractivity contribution in [3.8, 4) is 0 Å². The fourth-order valence-electron chi connectivity index (χ4n) is 4.79. The highest BCUT2D eigenvalue weighted by Crippen LogP contribution is 2.34. The van der Waals surface area contributed by atoms with E-state index in [1.807, 2.05) is 42.5 Å². The maximum atomic E-state index is 12.7. The third-order valence-corrected chi connectivity index (χ3v) is 6.40. The van der Waals surface area contributed by atoms with Crippen LogP contribution in [0, 0.1) is 0 Å². The van der Waals surface area contributed by atoms with Crippen LogP contribution in [0.2, 0.25) is 0 Å². The molecular formula is C25H26N4O3. The quantitative estimate of drug-likeness (QED) is 0.522. The van der Waals surface area contributed by atoms with E-state index in [1.54, 1.807) is 0 Å². The maximum absolute atomic E-state index is 12.7. The standard InChI is InChI=1S/C25H26N4O3/c30-22(26-20-12-6-10-18-17-9-4-5-11-19(17)27-23(18)20)14-13-21-24(31)29(25(32)28-21)15-16-7-2-1-3-8-16/h1-5,7-9,11,20-21,27H,6,10,12-15H2,(H,26,30)(H,28,32)/t20-,21-/m0/s1. The van der Waals surface area contributed by atoms with Crippen molar-refractivity contribution >= 4 is 28.7 Å². The Morgan fingerprint density at radius 2 is 1.84 bits per heavy atom. The number of imide groups is 1. The van der Waals surface area contributed by atoms with E-state index in [1.165, 1.54) is 15.8 Å². The molecule has 1 fully saturated rings. The number of hydrogen-bond donors (Lipinski definition) is 3. The molecule has 1 saturated heterocycles. The first-order valence-corrected chi connectivity index (χ1v) is 11.1. The van der Waals surface area contributed by atoms with Gasteiger partial charge in [-0.2, -0.15) is 0 Å². The number of amides is 4. The van der Waals surface area contributed by atoms with Crippen molar-refractivity contribution in [2.24, 2.45) is 0 Å². The number of aromatic amines is 1. The average Bonchev–Trinajstić information content (AvgIpc) is 3.32. The molecule has 5 rings (SSSR count). The van der Waals surface area contributed by atoms with Crippen molar-refractivity contribution in [3.05, 3.63) is 71.4 Å². The molecule has 0 unspecified atom stereocenters. The Kier molecular flexibility index (Phi) is 5.39. The van der Waals surface area contributed by atoms with Gasteiger partial charge in [-0.05, 0) is 42.9 Å². The monoisotopic (exact) mass is 430 g/mol. The second kappa shape index (κ2) is 8.49. The van der Waals surface area contributed by atoms with E-state index in [2.05, 4.69) is 27.8 Å². The van der Waals surface area contributed by atoms with Crippen LogP contribution in [0.25, 0.3) is 10.9 Å². The van der Waals surface area contributed by atoms with Gasteiger partial charge >= 0.3 is 6.03 Å². The van der Waals surface area contributed by atoms with Crippen molar-refractivity contribution in [2.75, 3.05) is 0 Å². The number of nitrogens with zero attached hydrogens (tertiary/aromatic N) is 1. The number of hydrogen-bond acceptors (Lipinski definition) is 3. The van der Waals surface area contributed by atoms with E-state index in [9.17, 15) is 14.4 Å². The normalized spacial score (nSPS) is 20.3. The molecule has 1 aliphatic heterocycles. The van der Waals surface area contributed by atoms with Crippen molar-refractivity contribution in [2.45, 2.75) is 50.7 Å². The summed E-state index contributed by atoms with van der Waals surface area (Å²) in [5.41, 5.74) is 4.36. The van der Waals surface area contributed by atoms with Gasteiger partial charge in [0.1, 0.15) is 6.04 Å². The zero-order chi connectivity index (χ0) is 22.1. The van der Waals surface area contributed by atoms with Gasteiger partial charge in [0.2, 0.25) is 5.91 Å². The molecule has 0 bridgehead atoms. The number of carbonyl (C=O) groups is 3. The predicted molar refractivity (Wildman–Crippen MR) is 121 cm³/mol. The summed E-state index contributed by atoms with van der Waals surface area (Å²) in [6, 6.07) is 16.5. The first-order chi connectivity index (χ1) is 15.6. The molecule has 0 radical (unpaired) electrons. The summed E-state index contributed by atoms with van der Waals surface area (Å²) >= 11 is 0. The van der Waals surface area contributed by atoms with Gasteiger partial charge in [0.25, 0.3) is 5.91 Å². The van der Waals surface area contributed by atoms with Crippen LogP contribution in [0.4, 0.5) is 4.79 Å². The molecule has 1 aromatic heterocycles. The number of urea groups is 1. The average molecular weight is 431 g/mol. The summed E-state index contributed by atoms with van der Waals surface area (Å²) in [5, 5.41) is 7.07. The molecule has 3 aromatic rings. The Morgan fingerprint density at radius 1 is 1.06 bits per heavy atom. The number of rotatable bonds is 6. The summed E-state index contributed by atoms with van der Waals surface area (Å²) < 4.78 is 0. The van der Waals surface area contributed by atoms with Gasteiger partial charge in [-0.3, -0.25) is 14.5 Å². The second-order valence-electron chi connectivity index (χ2n) is 8.53. The first-order valence-electron chi connectivity index (χ1n) is 11.1. The fourth-order valence-corrected chi connectivity index (χ4v) is 4.79. The lowest BCUT2D eigenvalue weighted by atomic mass is 9.91. The molecule has 1 aliphatic carbocycles. The first kappa shape index (κ1) is 20.3. The molecule has 164 valence electrons. The van der Waals surface area contributed by atoms with Crippen molar-refractivity contribution in [1.82, 2.24) is 20.5 Å². The third-order valence-electron chi connectivity index (χ3n) is 6.40. The Balaban J connectivity index is 1.19. The fraction of sp³-hybridized carbons (Fsp3) is 0.320. The van der Waals surface area contributed by atoms with Gasteiger partial charge in [-0.15, -0.1) is 0 Å². The molecule has 32 heavy (non-hydrogen) atoms. The third kappa shape index (κ3) is 3.86. The molecule has 2 aromatic carbocycles. The van der Waals surface area contributed by atoms with Crippen LogP contribution in [-0.2, 0) is 22.6 Å². The summed E-state index contributed by atoms with van der Waals surface area (Å²) in [5.74, 6) is -0.382. The zero-order valence-corrected chi connectivity index (χ0v) is 17.8. The van der Waals surface area contributed by atoms with Crippen molar-refractivity contribution in [3.63, 3.8) is 0 Å². The van der Waals surface area contributed by atoms with E-state index in [-0.39, 0.29) is 37.2 Å². The molecule has 3 N–H and O–H groups in total. The van der Waals surface area contributed by atoms with Crippen LogP contribution in [0.15, 0.2) is 54.6 Å². The number of aryl methyl sites for hydroxylation is 1. The molecule has 7 heteroatoms. The Bertz CT molecular complexity index is 1170. The van der Waals surface area contributed by atoms with Crippen molar-refractivity contribution < 1.29 is 14.4 Å². The number of fused-ring (bicyclic) bond motifs is 3. The van der Waals surface area contributed by atoms with E-state index in [0.717, 1.165) is 36.0 Å². The smallest absolute Gasteiger partial charge is 0.325 e. The minimum Gasteiger partial charge on any atom is -0.356 e. The van der Waals surface area contributed by atoms with E-state index in [4.69, 9.17) is 0 Å². The van der Waals surface area contributed by atoms with Crippen LogP contribution in [0.3, 0.4) is 0 Å². The lowest BCUT2D eigenvalue weighted by Crippen LogP contribution is -2.34. The summed E-state index contributed by atoms with van der Waals surface area (Å²) in [6.45, 7) is 0.236. The van der Waals surface area contributed by atoms with Gasteiger partial charge in [-0.1, -0.05) is 48.5 Å². The number of benzene rings is 2. The van der Waals surface area contributed by atoms with E-state index < -0.39 is 12.1 Å². The van der Waals surface area contributed by atoms with Gasteiger partial charge in [0.05, 0.1) is 12.6 Å². The summed E-state index contributed by atoms with van der Waals surface area (Å²) in [6.07, 6.45) is 3.38. The van der Waals surface area contributed by atoms with Gasteiger partial charge in [0.15, 0.2) is 0 Å². The van der Waals surface area contributed by atoms with Crippen LogP contribution in [-0.4, -0.2) is 33.8 Å². The molecule has 7 nitrogen and oxygen atoms in total. The topological polar surface area (TPSA) is 94.3 Å². The van der Waals surface area contributed by atoms with Crippen LogP contribution in [0.1, 0.15) is 48.5 Å². The van der Waals surface area contributed by atoms with E-state index >= 15 is 0 Å². The molecule has 2 aliphatic rings. The molecule has 4 amide bonds. The maximum Gasteiger partial charge on any atom is 0.325 e. The highest BCUT2D eigenvalue weighted by atomic mass is 16.2. The number of H-pyrrole nitrogens is 1.